The normalized spacial score (nSPS) is 22.5. The fourth-order valence-corrected chi connectivity index (χ4v) is 4.94. The number of hydrogen-bond acceptors (Lipinski definition) is 3. The summed E-state index contributed by atoms with van der Waals surface area (Å²) in [4.78, 5) is 22.6. The summed E-state index contributed by atoms with van der Waals surface area (Å²) in [5.41, 5.74) is 3.06. The average Bonchev–Trinajstić information content (AvgIpc) is 2.85. The van der Waals surface area contributed by atoms with E-state index in [1.807, 2.05) is 43.7 Å². The van der Waals surface area contributed by atoms with E-state index in [4.69, 9.17) is 0 Å². The van der Waals surface area contributed by atoms with Gasteiger partial charge >= 0.3 is 0 Å². The van der Waals surface area contributed by atoms with Crippen LogP contribution in [-0.4, -0.2) is 50.9 Å². The Hall–Kier alpha value is -2.66. The molecule has 2 aromatic heterocycles. The molecule has 3 aliphatic heterocycles. The summed E-state index contributed by atoms with van der Waals surface area (Å²) in [5.74, 6) is 0.729. The molecule has 3 saturated heterocycles. The first kappa shape index (κ1) is 17.4. The van der Waals surface area contributed by atoms with Crippen molar-refractivity contribution in [3.05, 3.63) is 66.1 Å². The molecule has 3 aromatic rings. The van der Waals surface area contributed by atoms with Crippen molar-refractivity contribution in [2.75, 3.05) is 19.6 Å². The molecule has 5 heterocycles. The fourth-order valence-electron chi connectivity index (χ4n) is 4.94. The van der Waals surface area contributed by atoms with Crippen molar-refractivity contribution in [1.82, 2.24) is 19.4 Å². The van der Waals surface area contributed by atoms with Gasteiger partial charge in [0, 0.05) is 62.6 Å². The minimum atomic E-state index is 0.186. The van der Waals surface area contributed by atoms with Crippen LogP contribution in [0.5, 0.6) is 0 Å². The smallest absolute Gasteiger partial charge is 0.256 e. The number of rotatable bonds is 3. The Balaban J connectivity index is 1.40. The molecule has 0 saturated carbocycles. The number of fused-ring (bicyclic) bond motifs is 5. The van der Waals surface area contributed by atoms with Crippen LogP contribution in [0.4, 0.5) is 0 Å². The van der Waals surface area contributed by atoms with Crippen LogP contribution < -0.4 is 0 Å². The van der Waals surface area contributed by atoms with Gasteiger partial charge in [-0.15, -0.1) is 0 Å². The van der Waals surface area contributed by atoms with E-state index in [0.717, 1.165) is 54.8 Å². The molecule has 0 unspecified atom stereocenters. The lowest BCUT2D eigenvalue weighted by Gasteiger charge is -2.36. The summed E-state index contributed by atoms with van der Waals surface area (Å²) in [6.07, 6.45) is 6.16. The summed E-state index contributed by atoms with van der Waals surface area (Å²) in [6.45, 7) is 3.71. The Bertz CT molecular complexity index is 996. The van der Waals surface area contributed by atoms with E-state index in [1.165, 1.54) is 6.42 Å². The summed E-state index contributed by atoms with van der Waals surface area (Å²) < 4.78 is 2.06. The highest BCUT2D eigenvalue weighted by molar-refractivity contribution is 6.07. The molecule has 0 aliphatic carbocycles. The van der Waals surface area contributed by atoms with E-state index in [0.29, 0.717) is 5.92 Å². The molecule has 144 valence electrons. The quantitative estimate of drug-likeness (QED) is 0.706. The van der Waals surface area contributed by atoms with E-state index in [1.54, 1.807) is 0 Å². The monoisotopic (exact) mass is 374 g/mol. The molecule has 2 atom stereocenters. The van der Waals surface area contributed by atoms with Crippen molar-refractivity contribution < 1.29 is 4.79 Å². The first-order valence-corrected chi connectivity index (χ1v) is 10.2. The predicted octanol–water partition coefficient (Wildman–Crippen LogP) is 3.31. The summed E-state index contributed by atoms with van der Waals surface area (Å²) in [6, 6.07) is 14.6. The third-order valence-electron chi connectivity index (χ3n) is 6.29. The lowest BCUT2D eigenvalue weighted by Crippen LogP contribution is -2.47. The number of carbonyl (C=O) groups excluding carboxylic acids is 1. The summed E-state index contributed by atoms with van der Waals surface area (Å²) >= 11 is 0. The number of hydrogen-bond donors (Lipinski definition) is 0. The van der Waals surface area contributed by atoms with Gasteiger partial charge in [-0.3, -0.25) is 14.7 Å². The molecule has 5 nitrogen and oxygen atoms in total. The van der Waals surface area contributed by atoms with Crippen LogP contribution in [0.25, 0.3) is 10.9 Å². The van der Waals surface area contributed by atoms with Crippen LogP contribution in [0.2, 0.25) is 0 Å². The molecule has 3 fully saturated rings. The van der Waals surface area contributed by atoms with Crippen molar-refractivity contribution in [2.24, 2.45) is 13.0 Å². The van der Waals surface area contributed by atoms with Gasteiger partial charge in [-0.05, 0) is 37.0 Å². The first-order valence-electron chi connectivity index (χ1n) is 10.2. The zero-order chi connectivity index (χ0) is 19.1. The van der Waals surface area contributed by atoms with E-state index in [-0.39, 0.29) is 11.9 Å². The van der Waals surface area contributed by atoms with E-state index in [9.17, 15) is 4.79 Å². The average molecular weight is 374 g/mol. The Kier molecular flexibility index (Phi) is 4.40. The Morgan fingerprint density at radius 3 is 2.79 bits per heavy atom. The summed E-state index contributed by atoms with van der Waals surface area (Å²) in [5, 5.41) is 1.06. The number of piperidine rings is 1. The standard InChI is InChI=1S/C23H26N4O/c1-25-16-21(20-7-2-3-8-22(20)25)23(28)27-13-17-9-10-19(27)15-26(12-17)14-18-6-4-5-11-24-18/h2-8,11,16-17,19H,9-10,12-15H2,1H3/t17-,19+/m0/s1. The van der Waals surface area contributed by atoms with Gasteiger partial charge in [0.05, 0.1) is 11.3 Å². The van der Waals surface area contributed by atoms with Gasteiger partial charge < -0.3 is 9.47 Å². The lowest BCUT2D eigenvalue weighted by atomic mass is 9.94. The Morgan fingerprint density at radius 2 is 1.93 bits per heavy atom. The molecule has 0 spiro atoms. The van der Waals surface area contributed by atoms with E-state index >= 15 is 0 Å². The second kappa shape index (κ2) is 7.06. The molecular weight excluding hydrogens is 348 g/mol. The number of aryl methyl sites for hydroxylation is 1. The van der Waals surface area contributed by atoms with Crippen LogP contribution in [0.3, 0.4) is 0 Å². The Morgan fingerprint density at radius 1 is 1.07 bits per heavy atom. The van der Waals surface area contributed by atoms with E-state index < -0.39 is 0 Å². The van der Waals surface area contributed by atoms with Crippen molar-refractivity contribution in [3.63, 3.8) is 0 Å². The van der Waals surface area contributed by atoms with Crippen molar-refractivity contribution in [1.29, 1.82) is 0 Å². The minimum absolute atomic E-state index is 0.186. The lowest BCUT2D eigenvalue weighted by molar-refractivity contribution is 0.0586. The molecule has 3 aliphatic rings. The second-order valence-electron chi connectivity index (χ2n) is 8.24. The van der Waals surface area contributed by atoms with Gasteiger partial charge in [0.1, 0.15) is 0 Å². The number of pyridine rings is 1. The van der Waals surface area contributed by atoms with Gasteiger partial charge in [-0.2, -0.15) is 0 Å². The van der Waals surface area contributed by atoms with Gasteiger partial charge in [-0.1, -0.05) is 24.3 Å². The number of nitrogens with zero attached hydrogens (tertiary/aromatic N) is 4. The number of amides is 1. The highest BCUT2D eigenvalue weighted by Gasteiger charge is 2.38. The molecule has 0 radical (unpaired) electrons. The number of para-hydroxylation sites is 1. The molecule has 5 heteroatoms. The third kappa shape index (κ3) is 3.10. The highest BCUT2D eigenvalue weighted by Crippen LogP contribution is 2.31. The van der Waals surface area contributed by atoms with Crippen LogP contribution in [-0.2, 0) is 13.6 Å². The molecule has 2 bridgehead atoms. The molecule has 1 aromatic carbocycles. The SMILES string of the molecule is Cn1cc(C(=O)N2C[C@H]3CC[C@@H]2CN(Cc2ccccn2)C3)c2ccccc21. The van der Waals surface area contributed by atoms with Crippen molar-refractivity contribution >= 4 is 16.8 Å². The van der Waals surface area contributed by atoms with Gasteiger partial charge in [0.25, 0.3) is 5.91 Å². The largest absolute Gasteiger partial charge is 0.350 e. The second-order valence-corrected chi connectivity index (χ2v) is 8.24. The predicted molar refractivity (Wildman–Crippen MR) is 110 cm³/mol. The maximum atomic E-state index is 13.5. The Labute approximate surface area is 165 Å². The van der Waals surface area contributed by atoms with Crippen LogP contribution in [0.1, 0.15) is 28.9 Å². The van der Waals surface area contributed by atoms with Crippen LogP contribution in [0.15, 0.2) is 54.9 Å². The first-order chi connectivity index (χ1) is 13.7. The minimum Gasteiger partial charge on any atom is -0.350 e. The molecule has 0 N–H and O–H groups in total. The maximum Gasteiger partial charge on any atom is 0.256 e. The number of carbonyl (C=O) groups is 1. The van der Waals surface area contributed by atoms with Crippen LogP contribution in [0, 0.1) is 5.92 Å². The van der Waals surface area contributed by atoms with Gasteiger partial charge in [0.2, 0.25) is 0 Å². The van der Waals surface area contributed by atoms with Gasteiger partial charge in [0.15, 0.2) is 0 Å². The summed E-state index contributed by atoms with van der Waals surface area (Å²) in [7, 11) is 2.02. The topological polar surface area (TPSA) is 41.4 Å². The molecule has 1 amide bonds. The number of aromatic nitrogens is 2. The molecule has 28 heavy (non-hydrogen) atoms. The zero-order valence-electron chi connectivity index (χ0n) is 16.3. The third-order valence-corrected chi connectivity index (χ3v) is 6.29. The van der Waals surface area contributed by atoms with Crippen molar-refractivity contribution in [2.45, 2.75) is 25.4 Å². The zero-order valence-corrected chi connectivity index (χ0v) is 16.3. The molecule has 6 rings (SSSR count). The van der Waals surface area contributed by atoms with E-state index in [2.05, 4.69) is 37.5 Å². The fraction of sp³-hybridized carbons (Fsp3) is 0.391. The maximum absolute atomic E-state index is 13.5. The molecular formula is C23H26N4O. The van der Waals surface area contributed by atoms with Crippen LogP contribution >= 0.6 is 0 Å². The highest BCUT2D eigenvalue weighted by atomic mass is 16.2. The number of benzene rings is 1. The van der Waals surface area contributed by atoms with Gasteiger partial charge in [-0.25, -0.2) is 0 Å². The van der Waals surface area contributed by atoms with Crippen molar-refractivity contribution in [3.8, 4) is 0 Å².